The van der Waals surface area contributed by atoms with Crippen molar-refractivity contribution >= 4 is 38.9 Å². The zero-order valence-corrected chi connectivity index (χ0v) is 19.1. The molecule has 10 nitrogen and oxygen atoms in total. The molecule has 6 rings (SSSR count). The molecule has 0 radical (unpaired) electrons. The monoisotopic (exact) mass is 498 g/mol. The van der Waals surface area contributed by atoms with Crippen molar-refractivity contribution in [2.75, 3.05) is 0 Å². The van der Waals surface area contributed by atoms with Gasteiger partial charge in [-0.05, 0) is 41.1 Å². The van der Waals surface area contributed by atoms with Crippen LogP contribution in [0.5, 0.6) is 0 Å². The Labute approximate surface area is 209 Å². The summed E-state index contributed by atoms with van der Waals surface area (Å²) in [6, 6.07) is 20.3. The lowest BCUT2D eigenvalue weighted by molar-refractivity contribution is -0.391. The molecule has 3 atom stereocenters. The topological polar surface area (TPSA) is 131 Å². The van der Waals surface area contributed by atoms with E-state index in [2.05, 4.69) is 0 Å². The third kappa shape index (κ3) is 3.79. The standard InChI is InChI=1S/C27H18N2O8/c30-23-13-14-27(36-23)15-22(20-11-9-16-5-1-3-7-18(16)24(20)28(31)32)35-26(37-27)21-12-10-17-6-2-4-8-19(17)25(21)29(33)34/h1-14,22,26H,15H2/t22-,26+,27-/m0/s1. The molecular formula is C27H18N2O8. The van der Waals surface area contributed by atoms with Crippen LogP contribution >= 0.6 is 0 Å². The summed E-state index contributed by atoms with van der Waals surface area (Å²) in [6.45, 7) is 0. The summed E-state index contributed by atoms with van der Waals surface area (Å²) >= 11 is 0. The molecule has 37 heavy (non-hydrogen) atoms. The molecule has 2 aliphatic rings. The highest BCUT2D eigenvalue weighted by Crippen LogP contribution is 2.50. The number of hydrogen-bond donors (Lipinski definition) is 0. The first-order valence-electron chi connectivity index (χ1n) is 11.4. The van der Waals surface area contributed by atoms with Gasteiger partial charge in [0, 0.05) is 12.5 Å². The molecular weight excluding hydrogens is 480 g/mol. The summed E-state index contributed by atoms with van der Waals surface area (Å²) in [6.07, 6.45) is 0.197. The van der Waals surface area contributed by atoms with Crippen LogP contribution < -0.4 is 0 Å². The van der Waals surface area contributed by atoms with Crippen LogP contribution in [-0.4, -0.2) is 21.6 Å². The molecule has 0 N–H and O–H groups in total. The van der Waals surface area contributed by atoms with Gasteiger partial charge in [-0.1, -0.05) is 48.5 Å². The van der Waals surface area contributed by atoms with Gasteiger partial charge in [-0.3, -0.25) is 20.2 Å². The molecule has 184 valence electrons. The largest absolute Gasteiger partial charge is 0.426 e. The van der Waals surface area contributed by atoms with Gasteiger partial charge in [0.1, 0.15) is 0 Å². The number of nitro groups is 2. The summed E-state index contributed by atoms with van der Waals surface area (Å²) in [5, 5.41) is 26.5. The number of rotatable bonds is 4. The number of ether oxygens (including phenoxy) is 3. The minimum Gasteiger partial charge on any atom is -0.426 e. The molecule has 0 aliphatic carbocycles. The van der Waals surface area contributed by atoms with Crippen LogP contribution in [0.25, 0.3) is 21.5 Å². The highest BCUT2D eigenvalue weighted by molar-refractivity contribution is 5.93. The Morgan fingerprint density at radius 3 is 1.92 bits per heavy atom. The molecule has 0 amide bonds. The van der Waals surface area contributed by atoms with Crippen molar-refractivity contribution in [3.63, 3.8) is 0 Å². The first kappa shape index (κ1) is 22.8. The first-order chi connectivity index (χ1) is 17.8. The molecule has 1 spiro atoms. The SMILES string of the molecule is O=C1C=C[C@]2(C[C@@H](c3ccc4ccccc4c3[N+](=O)[O-])O[C@@H](c3ccc4ccccc4c3[N+](=O)[O-])O2)O1. The van der Waals surface area contributed by atoms with E-state index in [0.717, 1.165) is 0 Å². The summed E-state index contributed by atoms with van der Waals surface area (Å²) < 4.78 is 17.7. The van der Waals surface area contributed by atoms with Gasteiger partial charge in [0.15, 0.2) is 6.29 Å². The van der Waals surface area contributed by atoms with Crippen LogP contribution in [0.2, 0.25) is 0 Å². The van der Waals surface area contributed by atoms with Crippen molar-refractivity contribution in [3.05, 3.63) is 116 Å². The smallest absolute Gasteiger partial charge is 0.333 e. The number of carbonyl (C=O) groups excluding carboxylic acids is 1. The van der Waals surface area contributed by atoms with Crippen molar-refractivity contribution in [3.8, 4) is 0 Å². The fourth-order valence-corrected chi connectivity index (χ4v) is 5.04. The summed E-state index contributed by atoms with van der Waals surface area (Å²) in [5.74, 6) is -2.26. The predicted molar refractivity (Wildman–Crippen MR) is 131 cm³/mol. The molecule has 0 unspecified atom stereocenters. The Balaban J connectivity index is 1.52. The van der Waals surface area contributed by atoms with Crippen LogP contribution in [-0.2, 0) is 19.0 Å². The number of nitrogens with zero attached hydrogens (tertiary/aromatic N) is 2. The van der Waals surface area contributed by atoms with Gasteiger partial charge in [0.2, 0.25) is 5.79 Å². The highest BCUT2D eigenvalue weighted by Gasteiger charge is 2.49. The van der Waals surface area contributed by atoms with E-state index in [1.807, 2.05) is 0 Å². The Hall–Kier alpha value is -4.67. The maximum Gasteiger partial charge on any atom is 0.333 e. The van der Waals surface area contributed by atoms with Gasteiger partial charge in [-0.25, -0.2) is 4.79 Å². The van der Waals surface area contributed by atoms with Crippen LogP contribution in [0.1, 0.15) is 29.9 Å². The number of hydrogen-bond acceptors (Lipinski definition) is 8. The molecule has 10 heteroatoms. The Bertz CT molecular complexity index is 1540. The van der Waals surface area contributed by atoms with E-state index in [-0.39, 0.29) is 28.9 Å². The van der Waals surface area contributed by atoms with Gasteiger partial charge in [-0.15, -0.1) is 0 Å². The zero-order chi connectivity index (χ0) is 25.7. The second-order valence-electron chi connectivity index (χ2n) is 8.81. The van der Waals surface area contributed by atoms with Crippen LogP contribution in [0.3, 0.4) is 0 Å². The van der Waals surface area contributed by atoms with E-state index in [4.69, 9.17) is 14.2 Å². The summed E-state index contributed by atoms with van der Waals surface area (Å²) in [7, 11) is 0. The third-order valence-electron chi connectivity index (χ3n) is 6.64. The quantitative estimate of drug-likeness (QED) is 0.196. The normalized spacial score (nSPS) is 23.0. The molecule has 2 heterocycles. The molecule has 0 aromatic heterocycles. The number of nitro benzene ring substituents is 2. The van der Waals surface area contributed by atoms with E-state index in [0.29, 0.717) is 21.5 Å². The average molecular weight is 498 g/mol. The van der Waals surface area contributed by atoms with Gasteiger partial charge >= 0.3 is 5.97 Å². The van der Waals surface area contributed by atoms with E-state index in [1.54, 1.807) is 66.7 Å². The maximum atomic E-state index is 12.2. The average Bonchev–Trinajstić information content (AvgIpc) is 3.25. The lowest BCUT2D eigenvalue weighted by Crippen LogP contribution is -2.41. The van der Waals surface area contributed by atoms with Gasteiger partial charge in [0.05, 0.1) is 37.8 Å². The van der Waals surface area contributed by atoms with Gasteiger partial charge in [0.25, 0.3) is 11.4 Å². The fraction of sp³-hybridized carbons (Fsp3) is 0.148. The first-order valence-corrected chi connectivity index (χ1v) is 11.4. The Kier molecular flexibility index (Phi) is 5.21. The number of esters is 1. The van der Waals surface area contributed by atoms with Crippen molar-refractivity contribution in [1.29, 1.82) is 0 Å². The molecule has 4 aromatic carbocycles. The maximum absolute atomic E-state index is 12.2. The zero-order valence-electron chi connectivity index (χ0n) is 19.1. The molecule has 1 fully saturated rings. The minimum atomic E-state index is -1.61. The lowest BCUT2D eigenvalue weighted by Gasteiger charge is -2.40. The Morgan fingerprint density at radius 1 is 0.784 bits per heavy atom. The van der Waals surface area contributed by atoms with Crippen molar-refractivity contribution in [2.24, 2.45) is 0 Å². The Morgan fingerprint density at radius 2 is 1.35 bits per heavy atom. The van der Waals surface area contributed by atoms with Crippen molar-refractivity contribution in [2.45, 2.75) is 24.6 Å². The fourth-order valence-electron chi connectivity index (χ4n) is 5.04. The van der Waals surface area contributed by atoms with E-state index < -0.39 is 34.0 Å². The van der Waals surface area contributed by atoms with E-state index in [1.165, 1.54) is 18.2 Å². The van der Waals surface area contributed by atoms with Crippen LogP contribution in [0.4, 0.5) is 11.4 Å². The second kappa shape index (κ2) is 8.47. The highest BCUT2D eigenvalue weighted by atomic mass is 16.8. The molecule has 2 aliphatic heterocycles. The minimum absolute atomic E-state index is 0.0771. The summed E-state index contributed by atoms with van der Waals surface area (Å²) in [5.41, 5.74) is -0.0239. The van der Waals surface area contributed by atoms with E-state index >= 15 is 0 Å². The van der Waals surface area contributed by atoms with Crippen LogP contribution in [0.15, 0.2) is 84.9 Å². The molecule has 0 saturated carbocycles. The molecule has 4 aromatic rings. The van der Waals surface area contributed by atoms with E-state index in [9.17, 15) is 25.0 Å². The second-order valence-corrected chi connectivity index (χ2v) is 8.81. The summed E-state index contributed by atoms with van der Waals surface area (Å²) in [4.78, 5) is 35.5. The van der Waals surface area contributed by atoms with Crippen LogP contribution in [0, 0.1) is 20.2 Å². The van der Waals surface area contributed by atoms with Crippen molar-refractivity contribution in [1.82, 2.24) is 0 Å². The lowest BCUT2D eigenvalue weighted by atomic mass is 9.94. The number of fused-ring (bicyclic) bond motifs is 2. The van der Waals surface area contributed by atoms with Gasteiger partial charge < -0.3 is 14.2 Å². The van der Waals surface area contributed by atoms with Gasteiger partial charge in [-0.2, -0.15) is 0 Å². The third-order valence-corrected chi connectivity index (χ3v) is 6.64. The number of carbonyl (C=O) groups is 1. The number of benzene rings is 4. The molecule has 1 saturated heterocycles. The molecule has 0 bridgehead atoms. The predicted octanol–water partition coefficient (Wildman–Crippen LogP) is 5.80. The van der Waals surface area contributed by atoms with Crippen molar-refractivity contribution < 1.29 is 28.9 Å².